The number of methoxy groups -OCH3 is 1. The maximum atomic E-state index is 5.19. The summed E-state index contributed by atoms with van der Waals surface area (Å²) in [4.78, 5) is 2.50. The Morgan fingerprint density at radius 3 is 2.57 bits per heavy atom. The van der Waals surface area contributed by atoms with Crippen molar-refractivity contribution in [3.8, 4) is 0 Å². The molecule has 2 aromatic rings. The van der Waals surface area contributed by atoms with E-state index in [0.29, 0.717) is 0 Å². The fourth-order valence-electron chi connectivity index (χ4n) is 2.56. The Hall–Kier alpha value is -1.58. The van der Waals surface area contributed by atoms with Gasteiger partial charge in [-0.15, -0.1) is 0 Å². The van der Waals surface area contributed by atoms with Crippen molar-refractivity contribution in [3.63, 3.8) is 0 Å². The zero-order valence-electron chi connectivity index (χ0n) is 13.4. The molecule has 0 bridgehead atoms. The van der Waals surface area contributed by atoms with Crippen molar-refractivity contribution in [3.05, 3.63) is 59.4 Å². The molecular formula is C18H26N2O. The number of nitrogens with zero attached hydrogens (tertiary/aromatic N) is 2. The standard InChI is InChI=1S/C18H26N2O/c1-16-8-4-5-9-17(16)14-20(12-7-13-21-3)15-18-10-6-11-19(18)2/h4-6,8-11H,7,12-15H2,1-3H3. The molecule has 0 aliphatic carbocycles. The zero-order valence-corrected chi connectivity index (χ0v) is 13.4. The van der Waals surface area contributed by atoms with Gasteiger partial charge in [0.1, 0.15) is 0 Å². The van der Waals surface area contributed by atoms with Crippen molar-refractivity contribution in [1.29, 1.82) is 0 Å². The molecule has 0 saturated heterocycles. The van der Waals surface area contributed by atoms with Crippen molar-refractivity contribution >= 4 is 0 Å². The molecule has 0 fully saturated rings. The molecular weight excluding hydrogens is 260 g/mol. The normalized spacial score (nSPS) is 11.2. The first-order valence-corrected chi connectivity index (χ1v) is 7.56. The van der Waals surface area contributed by atoms with Crippen LogP contribution in [0.1, 0.15) is 23.2 Å². The highest BCUT2D eigenvalue weighted by atomic mass is 16.5. The highest BCUT2D eigenvalue weighted by molar-refractivity contribution is 5.25. The van der Waals surface area contributed by atoms with Crippen LogP contribution in [0, 0.1) is 6.92 Å². The minimum absolute atomic E-state index is 0.817. The number of aromatic nitrogens is 1. The van der Waals surface area contributed by atoms with Gasteiger partial charge in [-0.25, -0.2) is 0 Å². The molecule has 1 heterocycles. The second-order valence-electron chi connectivity index (χ2n) is 5.59. The van der Waals surface area contributed by atoms with E-state index in [2.05, 4.69) is 66.0 Å². The first kappa shape index (κ1) is 15.8. The quantitative estimate of drug-likeness (QED) is 0.692. The van der Waals surface area contributed by atoms with Crippen LogP contribution in [0.25, 0.3) is 0 Å². The molecule has 3 heteroatoms. The number of hydrogen-bond donors (Lipinski definition) is 0. The molecule has 1 aromatic carbocycles. The number of rotatable bonds is 8. The highest BCUT2D eigenvalue weighted by Gasteiger charge is 2.10. The van der Waals surface area contributed by atoms with Crippen LogP contribution in [-0.4, -0.2) is 29.7 Å². The fraction of sp³-hybridized carbons (Fsp3) is 0.444. The summed E-state index contributed by atoms with van der Waals surface area (Å²) in [5.74, 6) is 0. The van der Waals surface area contributed by atoms with Crippen molar-refractivity contribution < 1.29 is 4.74 Å². The Balaban J connectivity index is 2.04. The summed E-state index contributed by atoms with van der Waals surface area (Å²) in [7, 11) is 3.87. The van der Waals surface area contributed by atoms with Crippen LogP contribution in [0.5, 0.6) is 0 Å². The monoisotopic (exact) mass is 286 g/mol. The average Bonchev–Trinajstić information content (AvgIpc) is 2.87. The van der Waals surface area contributed by atoms with E-state index in [9.17, 15) is 0 Å². The summed E-state index contributed by atoms with van der Waals surface area (Å²) in [5, 5.41) is 0. The van der Waals surface area contributed by atoms with E-state index in [-0.39, 0.29) is 0 Å². The minimum atomic E-state index is 0.817. The van der Waals surface area contributed by atoms with E-state index in [1.165, 1.54) is 16.8 Å². The largest absolute Gasteiger partial charge is 0.385 e. The molecule has 0 aliphatic rings. The van der Waals surface area contributed by atoms with Crippen molar-refractivity contribution in [2.75, 3.05) is 20.3 Å². The smallest absolute Gasteiger partial charge is 0.0474 e. The van der Waals surface area contributed by atoms with Crippen molar-refractivity contribution in [2.24, 2.45) is 7.05 Å². The van der Waals surface area contributed by atoms with Gasteiger partial charge in [0.15, 0.2) is 0 Å². The Morgan fingerprint density at radius 1 is 1.10 bits per heavy atom. The molecule has 0 aliphatic heterocycles. The van der Waals surface area contributed by atoms with Crippen LogP contribution < -0.4 is 0 Å². The summed E-state index contributed by atoms with van der Waals surface area (Å²) in [6, 6.07) is 12.9. The Morgan fingerprint density at radius 2 is 1.90 bits per heavy atom. The minimum Gasteiger partial charge on any atom is -0.385 e. The summed E-state index contributed by atoms with van der Waals surface area (Å²) in [6.07, 6.45) is 3.17. The second-order valence-corrected chi connectivity index (χ2v) is 5.59. The third-order valence-corrected chi connectivity index (χ3v) is 3.91. The zero-order chi connectivity index (χ0) is 15.1. The summed E-state index contributed by atoms with van der Waals surface area (Å²) >= 11 is 0. The maximum absolute atomic E-state index is 5.19. The maximum Gasteiger partial charge on any atom is 0.0474 e. The second kappa shape index (κ2) is 8.01. The van der Waals surface area contributed by atoms with Gasteiger partial charge in [0.25, 0.3) is 0 Å². The van der Waals surface area contributed by atoms with Crippen LogP contribution in [-0.2, 0) is 24.9 Å². The van der Waals surface area contributed by atoms with E-state index in [1.807, 2.05) is 0 Å². The van der Waals surface area contributed by atoms with Gasteiger partial charge in [0, 0.05) is 52.3 Å². The molecule has 0 atom stereocenters. The van der Waals surface area contributed by atoms with Crippen molar-refractivity contribution in [2.45, 2.75) is 26.4 Å². The van der Waals surface area contributed by atoms with E-state index in [0.717, 1.165) is 32.7 Å². The van der Waals surface area contributed by atoms with Crippen LogP contribution in [0.15, 0.2) is 42.6 Å². The van der Waals surface area contributed by atoms with Gasteiger partial charge in [-0.1, -0.05) is 24.3 Å². The van der Waals surface area contributed by atoms with Gasteiger partial charge in [-0.05, 0) is 36.6 Å². The fourth-order valence-corrected chi connectivity index (χ4v) is 2.56. The van der Waals surface area contributed by atoms with E-state index in [4.69, 9.17) is 4.74 Å². The lowest BCUT2D eigenvalue weighted by molar-refractivity contribution is 0.165. The Bertz CT molecular complexity index is 548. The SMILES string of the molecule is COCCCN(Cc1ccccc1C)Cc1cccn1C. The summed E-state index contributed by atoms with van der Waals surface area (Å²) < 4.78 is 7.39. The van der Waals surface area contributed by atoms with Crippen LogP contribution in [0.4, 0.5) is 0 Å². The number of benzene rings is 1. The lowest BCUT2D eigenvalue weighted by Gasteiger charge is -2.23. The van der Waals surface area contributed by atoms with Gasteiger partial charge >= 0.3 is 0 Å². The summed E-state index contributed by atoms with van der Waals surface area (Å²) in [5.41, 5.74) is 4.12. The highest BCUT2D eigenvalue weighted by Crippen LogP contribution is 2.14. The van der Waals surface area contributed by atoms with Crippen LogP contribution in [0.2, 0.25) is 0 Å². The average molecular weight is 286 g/mol. The third kappa shape index (κ3) is 4.73. The molecule has 0 N–H and O–H groups in total. The molecule has 21 heavy (non-hydrogen) atoms. The van der Waals surface area contributed by atoms with E-state index in [1.54, 1.807) is 7.11 Å². The molecule has 0 unspecified atom stereocenters. The van der Waals surface area contributed by atoms with Gasteiger partial charge in [0.05, 0.1) is 0 Å². The molecule has 0 radical (unpaired) electrons. The number of aryl methyl sites for hydroxylation is 2. The predicted octanol–water partition coefficient (Wildman–Crippen LogP) is 3.37. The molecule has 0 amide bonds. The van der Waals surface area contributed by atoms with Gasteiger partial charge in [-0.2, -0.15) is 0 Å². The summed E-state index contributed by atoms with van der Waals surface area (Å²) in [6.45, 7) is 6.01. The lowest BCUT2D eigenvalue weighted by Crippen LogP contribution is -2.26. The van der Waals surface area contributed by atoms with Crippen LogP contribution in [0.3, 0.4) is 0 Å². The number of hydrogen-bond acceptors (Lipinski definition) is 2. The molecule has 3 nitrogen and oxygen atoms in total. The third-order valence-electron chi connectivity index (χ3n) is 3.91. The van der Waals surface area contributed by atoms with Crippen molar-refractivity contribution in [1.82, 2.24) is 9.47 Å². The number of ether oxygens (including phenoxy) is 1. The van der Waals surface area contributed by atoms with E-state index >= 15 is 0 Å². The molecule has 0 saturated carbocycles. The molecule has 2 rings (SSSR count). The Kier molecular flexibility index (Phi) is 6.03. The molecule has 114 valence electrons. The van der Waals surface area contributed by atoms with Crippen LogP contribution >= 0.6 is 0 Å². The molecule has 1 aromatic heterocycles. The predicted molar refractivity (Wildman–Crippen MR) is 87.2 cm³/mol. The van der Waals surface area contributed by atoms with Gasteiger partial charge in [0.2, 0.25) is 0 Å². The van der Waals surface area contributed by atoms with Gasteiger partial charge < -0.3 is 9.30 Å². The Labute approximate surface area is 128 Å². The first-order valence-electron chi connectivity index (χ1n) is 7.56. The lowest BCUT2D eigenvalue weighted by atomic mass is 10.1. The van der Waals surface area contributed by atoms with Gasteiger partial charge in [-0.3, -0.25) is 4.90 Å². The molecule has 0 spiro atoms. The first-order chi connectivity index (χ1) is 10.2. The topological polar surface area (TPSA) is 17.4 Å². The van der Waals surface area contributed by atoms with E-state index < -0.39 is 0 Å².